The second-order valence-electron chi connectivity index (χ2n) is 7.41. The molecule has 2 unspecified atom stereocenters. The van der Waals surface area contributed by atoms with Crippen molar-refractivity contribution in [1.29, 1.82) is 0 Å². The van der Waals surface area contributed by atoms with E-state index < -0.39 is 0 Å². The predicted molar refractivity (Wildman–Crippen MR) is 109 cm³/mol. The van der Waals surface area contributed by atoms with E-state index in [9.17, 15) is 4.79 Å². The number of amides is 1. The molecule has 1 rings (SSSR count). The Hall–Kier alpha value is -0.880. The van der Waals surface area contributed by atoms with E-state index in [0.29, 0.717) is 18.4 Å². The Morgan fingerprint density at radius 3 is 2.60 bits per heavy atom. The third-order valence-corrected chi connectivity index (χ3v) is 6.81. The molecule has 1 N–H and O–H groups in total. The van der Waals surface area contributed by atoms with E-state index in [-0.39, 0.29) is 17.6 Å². The van der Waals surface area contributed by atoms with Crippen LogP contribution < -0.4 is 5.32 Å². The molecule has 1 heterocycles. The number of hydrogen-bond donors (Lipinski definition) is 1. The molecule has 0 saturated heterocycles. The van der Waals surface area contributed by atoms with Crippen LogP contribution in [0.3, 0.4) is 0 Å². The Morgan fingerprint density at radius 1 is 1.32 bits per heavy atom. The highest BCUT2D eigenvalue weighted by Gasteiger charge is 2.34. The molecule has 0 saturated carbocycles. The summed E-state index contributed by atoms with van der Waals surface area (Å²) in [5.74, 6) is 1.44. The van der Waals surface area contributed by atoms with Gasteiger partial charge in [-0.25, -0.2) is 9.78 Å². The molecule has 6 heteroatoms. The van der Waals surface area contributed by atoms with E-state index in [4.69, 9.17) is 4.74 Å². The van der Waals surface area contributed by atoms with Crippen molar-refractivity contribution in [3.8, 4) is 0 Å². The third kappa shape index (κ3) is 8.36. The van der Waals surface area contributed by atoms with Crippen LogP contribution in [0.15, 0.2) is 29.4 Å². The van der Waals surface area contributed by atoms with Crippen LogP contribution in [-0.2, 0) is 4.74 Å². The Kier molecular flexibility index (Phi) is 9.72. The first-order chi connectivity index (χ1) is 11.8. The van der Waals surface area contributed by atoms with Gasteiger partial charge in [0.2, 0.25) is 0 Å². The standard InChI is InChI=1S/C19H32N2O2S2/c1-7-14(2)17(15(3)19(4,5)6)23-18(22)21-12-13-24-25-16-10-8-9-11-20-16/h8-11,14-15,17H,7,12-13H2,1-6H3,(H,21,22)/t14?,15?,17-/m1/s1. The highest BCUT2D eigenvalue weighted by atomic mass is 33.1. The second kappa shape index (κ2) is 11.0. The minimum absolute atomic E-state index is 0.0689. The third-order valence-electron chi connectivity index (χ3n) is 4.54. The maximum atomic E-state index is 12.2. The average molecular weight is 385 g/mol. The van der Waals surface area contributed by atoms with Crippen molar-refractivity contribution in [3.63, 3.8) is 0 Å². The van der Waals surface area contributed by atoms with Crippen LogP contribution in [0.2, 0.25) is 0 Å². The van der Waals surface area contributed by atoms with Crippen molar-refractivity contribution in [2.45, 2.75) is 59.1 Å². The molecule has 4 nitrogen and oxygen atoms in total. The first-order valence-corrected chi connectivity index (χ1v) is 11.2. The smallest absolute Gasteiger partial charge is 0.407 e. The molecule has 1 aromatic rings. The number of nitrogens with zero attached hydrogens (tertiary/aromatic N) is 1. The number of carbonyl (C=O) groups is 1. The second-order valence-corrected chi connectivity index (χ2v) is 9.85. The van der Waals surface area contributed by atoms with Crippen molar-refractivity contribution in [2.24, 2.45) is 17.3 Å². The predicted octanol–water partition coefficient (Wildman–Crippen LogP) is 5.65. The van der Waals surface area contributed by atoms with E-state index in [1.54, 1.807) is 27.8 Å². The minimum Gasteiger partial charge on any atom is -0.446 e. The van der Waals surface area contributed by atoms with Crippen LogP contribution in [0.25, 0.3) is 0 Å². The molecule has 0 aliphatic heterocycles. The molecule has 0 aliphatic carbocycles. The first-order valence-electron chi connectivity index (χ1n) is 8.90. The zero-order chi connectivity index (χ0) is 18.9. The van der Waals surface area contributed by atoms with Gasteiger partial charge in [0.25, 0.3) is 0 Å². The number of carbonyl (C=O) groups excluding carboxylic acids is 1. The lowest BCUT2D eigenvalue weighted by molar-refractivity contribution is -0.00423. The summed E-state index contributed by atoms with van der Waals surface area (Å²) in [6.45, 7) is 13.6. The summed E-state index contributed by atoms with van der Waals surface area (Å²) in [5.41, 5.74) is 0.101. The van der Waals surface area contributed by atoms with Gasteiger partial charge in [0.15, 0.2) is 0 Å². The van der Waals surface area contributed by atoms with Crippen LogP contribution in [0.4, 0.5) is 4.79 Å². The molecule has 0 spiro atoms. The molecular weight excluding hydrogens is 352 g/mol. The molecule has 1 aromatic heterocycles. The summed E-state index contributed by atoms with van der Waals surface area (Å²) in [6.07, 6.45) is 2.39. The molecule has 0 aromatic carbocycles. The quantitative estimate of drug-likeness (QED) is 0.441. The van der Waals surface area contributed by atoms with E-state index in [1.807, 2.05) is 18.2 Å². The maximum absolute atomic E-state index is 12.2. The number of rotatable bonds is 9. The van der Waals surface area contributed by atoms with Crippen LogP contribution in [-0.4, -0.2) is 29.5 Å². The Bertz CT molecular complexity index is 506. The average Bonchev–Trinajstić information content (AvgIpc) is 2.58. The Balaban J connectivity index is 2.36. The highest BCUT2D eigenvalue weighted by Crippen LogP contribution is 2.34. The molecule has 25 heavy (non-hydrogen) atoms. The van der Waals surface area contributed by atoms with Gasteiger partial charge in [-0.1, -0.05) is 64.8 Å². The summed E-state index contributed by atoms with van der Waals surface area (Å²) in [6, 6.07) is 5.85. The van der Waals surface area contributed by atoms with Crippen molar-refractivity contribution >= 4 is 27.7 Å². The minimum atomic E-state index is -0.315. The van der Waals surface area contributed by atoms with Crippen molar-refractivity contribution < 1.29 is 9.53 Å². The summed E-state index contributed by atoms with van der Waals surface area (Å²) in [7, 11) is 3.29. The van der Waals surface area contributed by atoms with Crippen LogP contribution in [0.5, 0.6) is 0 Å². The van der Waals surface area contributed by atoms with E-state index in [1.165, 1.54) is 0 Å². The lowest BCUT2D eigenvalue weighted by atomic mass is 9.75. The molecule has 0 bridgehead atoms. The monoisotopic (exact) mass is 384 g/mol. The van der Waals surface area contributed by atoms with Gasteiger partial charge in [-0.2, -0.15) is 0 Å². The number of aromatic nitrogens is 1. The fourth-order valence-corrected chi connectivity index (χ4v) is 4.08. The number of pyridine rings is 1. The van der Waals surface area contributed by atoms with Gasteiger partial charge in [-0.15, -0.1) is 0 Å². The summed E-state index contributed by atoms with van der Waals surface area (Å²) < 4.78 is 5.78. The van der Waals surface area contributed by atoms with E-state index >= 15 is 0 Å². The van der Waals surface area contributed by atoms with Crippen molar-refractivity contribution in [3.05, 3.63) is 24.4 Å². The van der Waals surface area contributed by atoms with Gasteiger partial charge in [0.05, 0.1) is 0 Å². The van der Waals surface area contributed by atoms with Gasteiger partial charge >= 0.3 is 6.09 Å². The maximum Gasteiger partial charge on any atom is 0.407 e. The lowest BCUT2D eigenvalue weighted by Crippen LogP contribution is -2.41. The molecule has 0 fully saturated rings. The van der Waals surface area contributed by atoms with Gasteiger partial charge < -0.3 is 10.1 Å². The number of ether oxygens (including phenoxy) is 1. The number of hydrogen-bond acceptors (Lipinski definition) is 5. The van der Waals surface area contributed by atoms with Crippen LogP contribution >= 0.6 is 21.6 Å². The molecule has 0 aliphatic rings. The molecule has 1 amide bonds. The lowest BCUT2D eigenvalue weighted by Gasteiger charge is -2.36. The van der Waals surface area contributed by atoms with Gasteiger partial charge in [-0.3, -0.25) is 0 Å². The van der Waals surface area contributed by atoms with E-state index in [0.717, 1.165) is 17.2 Å². The normalized spacial score (nSPS) is 15.3. The largest absolute Gasteiger partial charge is 0.446 e. The molecular formula is C19H32N2O2S2. The Morgan fingerprint density at radius 2 is 2.04 bits per heavy atom. The summed E-state index contributed by atoms with van der Waals surface area (Å²) in [4.78, 5) is 16.4. The number of alkyl carbamates (subject to hydrolysis) is 1. The number of nitrogens with one attached hydrogen (secondary N) is 1. The highest BCUT2D eigenvalue weighted by molar-refractivity contribution is 8.76. The topological polar surface area (TPSA) is 51.2 Å². The first kappa shape index (κ1) is 22.2. The zero-order valence-corrected chi connectivity index (χ0v) is 17.9. The van der Waals surface area contributed by atoms with Crippen LogP contribution in [0.1, 0.15) is 48.0 Å². The fraction of sp³-hybridized carbons (Fsp3) is 0.684. The van der Waals surface area contributed by atoms with Gasteiger partial charge in [-0.05, 0) is 40.2 Å². The van der Waals surface area contributed by atoms with Crippen molar-refractivity contribution in [1.82, 2.24) is 10.3 Å². The molecule has 142 valence electrons. The summed E-state index contributed by atoms with van der Waals surface area (Å²) >= 11 is 0. The van der Waals surface area contributed by atoms with Crippen molar-refractivity contribution in [2.75, 3.05) is 12.3 Å². The molecule has 0 radical (unpaired) electrons. The van der Waals surface area contributed by atoms with Gasteiger partial charge in [0.1, 0.15) is 11.1 Å². The Labute approximate surface area is 160 Å². The summed E-state index contributed by atoms with van der Waals surface area (Å²) in [5, 5.41) is 3.85. The van der Waals surface area contributed by atoms with Crippen LogP contribution in [0, 0.1) is 17.3 Å². The molecule has 3 atom stereocenters. The van der Waals surface area contributed by atoms with Gasteiger partial charge in [0, 0.05) is 18.5 Å². The van der Waals surface area contributed by atoms with E-state index in [2.05, 4.69) is 51.8 Å². The fourth-order valence-electron chi connectivity index (χ4n) is 2.29. The zero-order valence-electron chi connectivity index (χ0n) is 16.2. The SMILES string of the molecule is CCC(C)[C@@H](OC(=O)NCCSSc1ccccn1)C(C)C(C)(C)C.